The highest BCUT2D eigenvalue weighted by Gasteiger charge is 2.19. The smallest absolute Gasteiger partial charge is 0.307 e. The minimum Gasteiger partial charge on any atom is -0.469 e. The Kier molecular flexibility index (Phi) is 6.54. The van der Waals surface area contributed by atoms with Crippen molar-refractivity contribution in [3.8, 4) is 11.4 Å². The third kappa shape index (κ3) is 5.26. The monoisotopic (exact) mass is 399 g/mol. The van der Waals surface area contributed by atoms with Crippen LogP contribution in [0, 0.1) is 6.92 Å². The van der Waals surface area contributed by atoms with Gasteiger partial charge in [0.2, 0.25) is 17.6 Å². The van der Waals surface area contributed by atoms with E-state index in [0.717, 1.165) is 16.7 Å². The van der Waals surface area contributed by atoms with Crippen LogP contribution in [0.15, 0.2) is 45.6 Å². The lowest BCUT2D eigenvalue weighted by atomic mass is 10.0. The molecule has 146 valence electrons. The van der Waals surface area contributed by atoms with Crippen molar-refractivity contribution in [2.45, 2.75) is 32.2 Å². The predicted octanol–water partition coefficient (Wildman–Crippen LogP) is 3.46. The molecule has 0 spiro atoms. The summed E-state index contributed by atoms with van der Waals surface area (Å²) in [6.07, 6.45) is 0.560. The van der Waals surface area contributed by atoms with Gasteiger partial charge in [0.05, 0.1) is 19.6 Å². The number of rotatable bonds is 8. The van der Waals surface area contributed by atoms with E-state index in [1.807, 2.05) is 48.0 Å². The van der Waals surface area contributed by atoms with Gasteiger partial charge in [-0.1, -0.05) is 35.0 Å². The van der Waals surface area contributed by atoms with Crippen molar-refractivity contribution in [3.63, 3.8) is 0 Å². The molecule has 0 aliphatic heterocycles. The summed E-state index contributed by atoms with van der Waals surface area (Å²) in [5, 5.41) is 10.7. The van der Waals surface area contributed by atoms with Gasteiger partial charge >= 0.3 is 5.97 Å². The SMILES string of the molecule is COC(=O)C[C@H](NC(=O)CCc1nc(-c2ccsc2)no1)c1ccc(C)cc1. The van der Waals surface area contributed by atoms with Crippen LogP contribution < -0.4 is 5.32 Å². The minimum absolute atomic E-state index is 0.0637. The molecule has 0 aliphatic rings. The van der Waals surface area contributed by atoms with Gasteiger partial charge in [-0.15, -0.1) is 0 Å². The Morgan fingerprint density at radius 2 is 2.04 bits per heavy atom. The van der Waals surface area contributed by atoms with Gasteiger partial charge in [0, 0.05) is 23.8 Å². The molecule has 3 aromatic rings. The van der Waals surface area contributed by atoms with E-state index in [1.165, 1.54) is 7.11 Å². The van der Waals surface area contributed by atoms with Crippen molar-refractivity contribution in [3.05, 3.63) is 58.1 Å². The number of esters is 1. The standard InChI is InChI=1S/C20H21N3O4S/c1-13-3-5-14(6-4-13)16(11-19(25)26-2)21-17(24)7-8-18-22-20(23-27-18)15-9-10-28-12-15/h3-6,9-10,12,16H,7-8,11H2,1-2H3,(H,21,24)/t16-/m0/s1. The van der Waals surface area contributed by atoms with E-state index >= 15 is 0 Å². The summed E-state index contributed by atoms with van der Waals surface area (Å²) in [4.78, 5) is 28.5. The van der Waals surface area contributed by atoms with E-state index in [4.69, 9.17) is 9.26 Å². The van der Waals surface area contributed by atoms with Gasteiger partial charge in [-0.25, -0.2) is 0 Å². The lowest BCUT2D eigenvalue weighted by Gasteiger charge is -2.18. The van der Waals surface area contributed by atoms with Crippen molar-refractivity contribution in [1.82, 2.24) is 15.5 Å². The first kappa shape index (κ1) is 19.8. The number of nitrogens with zero attached hydrogens (tertiary/aromatic N) is 2. The Morgan fingerprint density at radius 3 is 2.71 bits per heavy atom. The lowest BCUT2D eigenvalue weighted by molar-refractivity contribution is -0.141. The maximum atomic E-state index is 12.4. The summed E-state index contributed by atoms with van der Waals surface area (Å²) in [5.74, 6) is 0.323. The molecule has 28 heavy (non-hydrogen) atoms. The molecular formula is C20H21N3O4S. The Morgan fingerprint density at radius 1 is 1.25 bits per heavy atom. The van der Waals surface area contributed by atoms with Gasteiger partial charge in [0.25, 0.3) is 0 Å². The van der Waals surface area contributed by atoms with Gasteiger partial charge in [-0.3, -0.25) is 9.59 Å². The predicted molar refractivity (Wildman–Crippen MR) is 105 cm³/mol. The second kappa shape index (κ2) is 9.27. The molecule has 8 heteroatoms. The van der Waals surface area contributed by atoms with E-state index in [1.54, 1.807) is 11.3 Å². The normalized spacial score (nSPS) is 11.8. The molecule has 7 nitrogen and oxygen atoms in total. The molecule has 1 aromatic carbocycles. The van der Waals surface area contributed by atoms with Gasteiger partial charge in [-0.2, -0.15) is 16.3 Å². The summed E-state index contributed by atoms with van der Waals surface area (Å²) in [6, 6.07) is 9.13. The van der Waals surface area contributed by atoms with Crippen LogP contribution in [-0.2, 0) is 20.7 Å². The van der Waals surface area contributed by atoms with E-state index in [9.17, 15) is 9.59 Å². The quantitative estimate of drug-likeness (QED) is 0.583. The Labute approximate surface area is 166 Å². The first-order valence-corrected chi connectivity index (χ1v) is 9.77. The second-order valence-corrected chi connectivity index (χ2v) is 7.11. The van der Waals surface area contributed by atoms with Crippen molar-refractivity contribution < 1.29 is 18.8 Å². The first-order chi connectivity index (χ1) is 13.5. The number of aryl methyl sites for hydroxylation is 2. The van der Waals surface area contributed by atoms with Crippen molar-refractivity contribution in [2.75, 3.05) is 7.11 Å². The Hall–Kier alpha value is -3.00. The van der Waals surface area contributed by atoms with E-state index in [0.29, 0.717) is 18.1 Å². The van der Waals surface area contributed by atoms with Crippen LogP contribution in [0.2, 0.25) is 0 Å². The Bertz CT molecular complexity index is 919. The third-order valence-electron chi connectivity index (χ3n) is 4.23. The molecule has 1 amide bonds. The number of carbonyl (C=O) groups excluding carboxylic acids is 2. The number of carbonyl (C=O) groups is 2. The molecule has 2 heterocycles. The number of nitrogens with one attached hydrogen (secondary N) is 1. The number of methoxy groups -OCH3 is 1. The number of amides is 1. The van der Waals surface area contributed by atoms with Crippen LogP contribution in [0.5, 0.6) is 0 Å². The van der Waals surface area contributed by atoms with Gasteiger partial charge in [0.15, 0.2) is 0 Å². The van der Waals surface area contributed by atoms with Crippen molar-refractivity contribution >= 4 is 23.2 Å². The zero-order chi connectivity index (χ0) is 19.9. The van der Waals surface area contributed by atoms with E-state index in [2.05, 4.69) is 15.5 Å². The topological polar surface area (TPSA) is 94.3 Å². The summed E-state index contributed by atoms with van der Waals surface area (Å²) >= 11 is 1.55. The molecule has 0 saturated heterocycles. The van der Waals surface area contributed by atoms with Crippen LogP contribution in [0.4, 0.5) is 0 Å². The number of benzene rings is 1. The first-order valence-electron chi connectivity index (χ1n) is 8.83. The summed E-state index contributed by atoms with van der Waals surface area (Å²) in [7, 11) is 1.33. The highest BCUT2D eigenvalue weighted by Crippen LogP contribution is 2.20. The molecule has 0 unspecified atom stereocenters. The fraction of sp³-hybridized carbons (Fsp3) is 0.300. The number of ether oxygens (including phenoxy) is 1. The minimum atomic E-state index is -0.454. The highest BCUT2D eigenvalue weighted by atomic mass is 32.1. The molecule has 1 atom stereocenters. The number of thiophene rings is 1. The zero-order valence-electron chi connectivity index (χ0n) is 15.7. The van der Waals surface area contributed by atoms with E-state index < -0.39 is 6.04 Å². The van der Waals surface area contributed by atoms with Crippen LogP contribution in [-0.4, -0.2) is 29.1 Å². The number of hydrogen-bond acceptors (Lipinski definition) is 7. The lowest BCUT2D eigenvalue weighted by Crippen LogP contribution is -2.30. The molecule has 2 aromatic heterocycles. The molecule has 0 fully saturated rings. The Balaban J connectivity index is 1.60. The van der Waals surface area contributed by atoms with E-state index in [-0.39, 0.29) is 24.7 Å². The zero-order valence-corrected chi connectivity index (χ0v) is 16.5. The summed E-state index contributed by atoms with van der Waals surface area (Å²) in [6.45, 7) is 1.98. The van der Waals surface area contributed by atoms with Gasteiger partial charge < -0.3 is 14.6 Å². The van der Waals surface area contributed by atoms with Crippen LogP contribution in [0.1, 0.15) is 35.9 Å². The molecule has 0 saturated carbocycles. The molecule has 0 bridgehead atoms. The fourth-order valence-corrected chi connectivity index (χ4v) is 3.29. The summed E-state index contributed by atoms with van der Waals surface area (Å²) < 4.78 is 9.97. The van der Waals surface area contributed by atoms with Crippen molar-refractivity contribution in [1.29, 1.82) is 0 Å². The highest BCUT2D eigenvalue weighted by molar-refractivity contribution is 7.08. The largest absolute Gasteiger partial charge is 0.469 e. The second-order valence-electron chi connectivity index (χ2n) is 6.33. The van der Waals surface area contributed by atoms with Crippen LogP contribution >= 0.6 is 11.3 Å². The maximum Gasteiger partial charge on any atom is 0.307 e. The summed E-state index contributed by atoms with van der Waals surface area (Å²) in [5.41, 5.74) is 2.84. The third-order valence-corrected chi connectivity index (χ3v) is 4.91. The van der Waals surface area contributed by atoms with Crippen molar-refractivity contribution in [2.24, 2.45) is 0 Å². The van der Waals surface area contributed by atoms with Gasteiger partial charge in [-0.05, 0) is 23.9 Å². The average Bonchev–Trinajstić information content (AvgIpc) is 3.38. The maximum absolute atomic E-state index is 12.4. The number of aromatic nitrogens is 2. The molecule has 0 radical (unpaired) electrons. The van der Waals surface area contributed by atoms with Gasteiger partial charge in [0.1, 0.15) is 0 Å². The van der Waals surface area contributed by atoms with Crippen LogP contribution in [0.25, 0.3) is 11.4 Å². The molecular weight excluding hydrogens is 378 g/mol. The average molecular weight is 399 g/mol. The molecule has 0 aliphatic carbocycles. The number of hydrogen-bond donors (Lipinski definition) is 1. The molecule has 1 N–H and O–H groups in total. The van der Waals surface area contributed by atoms with Crippen LogP contribution in [0.3, 0.4) is 0 Å². The molecule has 3 rings (SSSR count). The fourth-order valence-electron chi connectivity index (χ4n) is 2.65.